The molecule has 0 unspecified atom stereocenters. The molecule has 0 bridgehead atoms. The summed E-state index contributed by atoms with van der Waals surface area (Å²) in [5.41, 5.74) is -0.645. The van der Waals surface area contributed by atoms with Gasteiger partial charge in [-0.25, -0.2) is 22.0 Å². The van der Waals surface area contributed by atoms with Crippen LogP contribution in [0.25, 0.3) is 0 Å². The van der Waals surface area contributed by atoms with Gasteiger partial charge in [0.15, 0.2) is 0 Å². The Balaban J connectivity index is 2.31. The summed E-state index contributed by atoms with van der Waals surface area (Å²) in [6, 6.07) is 5.22. The molecule has 0 aromatic heterocycles. The summed E-state index contributed by atoms with van der Waals surface area (Å²) in [4.78, 5) is 11.4. The first-order valence-corrected chi connectivity index (χ1v) is 9.50. The first-order chi connectivity index (χ1) is 13.2. The van der Waals surface area contributed by atoms with Crippen LogP contribution >= 0.6 is 0 Å². The minimum atomic E-state index is -4.21. The summed E-state index contributed by atoms with van der Waals surface area (Å²) in [5, 5.41) is 0. The zero-order chi connectivity index (χ0) is 20.9. The maximum Gasteiger partial charge on any atom is 0.340 e. The number of carbonyl (C=O) groups excluding carboxylic acids is 1. The van der Waals surface area contributed by atoms with Crippen molar-refractivity contribution in [2.24, 2.45) is 0 Å². The molecule has 0 saturated heterocycles. The van der Waals surface area contributed by atoms with Crippen LogP contribution in [0.15, 0.2) is 35.2 Å². The van der Waals surface area contributed by atoms with E-state index >= 15 is 0 Å². The van der Waals surface area contributed by atoms with Crippen LogP contribution in [-0.2, 0) is 19.5 Å². The number of hydrogen-bond acceptors (Lipinski definition) is 6. The highest BCUT2D eigenvalue weighted by Gasteiger charge is 2.21. The predicted molar refractivity (Wildman–Crippen MR) is 97.1 cm³/mol. The number of anilines is 1. The summed E-state index contributed by atoms with van der Waals surface area (Å²) in [5.74, 6) is -2.94. The van der Waals surface area contributed by atoms with Crippen molar-refractivity contribution in [1.29, 1.82) is 0 Å². The Hall–Kier alpha value is -2.72. The Morgan fingerprint density at radius 3 is 2.39 bits per heavy atom. The zero-order valence-corrected chi connectivity index (χ0v) is 16.2. The molecule has 28 heavy (non-hydrogen) atoms. The first kappa shape index (κ1) is 21.6. The highest BCUT2D eigenvalue weighted by Crippen LogP contribution is 2.26. The van der Waals surface area contributed by atoms with Crippen molar-refractivity contribution in [3.8, 4) is 5.75 Å². The smallest absolute Gasteiger partial charge is 0.340 e. The lowest BCUT2D eigenvalue weighted by molar-refractivity contribution is 0.0595. The molecule has 0 fully saturated rings. The Morgan fingerprint density at radius 1 is 1.07 bits per heavy atom. The van der Waals surface area contributed by atoms with Crippen LogP contribution in [0.4, 0.5) is 14.5 Å². The van der Waals surface area contributed by atoms with E-state index in [4.69, 9.17) is 9.47 Å². The van der Waals surface area contributed by atoms with Crippen LogP contribution in [-0.4, -0.2) is 41.8 Å². The molecule has 0 aliphatic rings. The molecular weight excluding hydrogens is 396 g/mol. The van der Waals surface area contributed by atoms with Gasteiger partial charge in [0, 0.05) is 13.2 Å². The fourth-order valence-corrected chi connectivity index (χ4v) is 3.43. The Labute approximate surface area is 161 Å². The number of nitrogens with one attached hydrogen (secondary N) is 1. The van der Waals surface area contributed by atoms with E-state index in [-0.39, 0.29) is 4.90 Å². The molecule has 0 amide bonds. The third kappa shape index (κ3) is 4.96. The van der Waals surface area contributed by atoms with Gasteiger partial charge in [0.2, 0.25) is 0 Å². The number of carbonyl (C=O) groups is 1. The molecule has 0 aliphatic carbocycles. The van der Waals surface area contributed by atoms with E-state index in [0.29, 0.717) is 30.6 Å². The third-order valence-corrected chi connectivity index (χ3v) is 5.07. The van der Waals surface area contributed by atoms with E-state index in [9.17, 15) is 22.0 Å². The van der Waals surface area contributed by atoms with Gasteiger partial charge in [-0.1, -0.05) is 0 Å². The fourth-order valence-electron chi connectivity index (χ4n) is 2.28. The molecule has 152 valence electrons. The minimum Gasteiger partial charge on any atom is -0.491 e. The summed E-state index contributed by atoms with van der Waals surface area (Å²) in [6.07, 6.45) is 0. The van der Waals surface area contributed by atoms with Gasteiger partial charge in [-0.15, -0.1) is 0 Å². The van der Waals surface area contributed by atoms with E-state index in [2.05, 4.69) is 4.74 Å². The average Bonchev–Trinajstić information content (AvgIpc) is 2.64. The van der Waals surface area contributed by atoms with Crippen molar-refractivity contribution in [2.75, 3.05) is 32.2 Å². The van der Waals surface area contributed by atoms with Crippen LogP contribution in [0.3, 0.4) is 0 Å². The number of rotatable bonds is 8. The number of methoxy groups -OCH3 is 2. The Kier molecular flexibility index (Phi) is 6.92. The second-order valence-electron chi connectivity index (χ2n) is 5.68. The molecule has 7 nitrogen and oxygen atoms in total. The molecule has 0 saturated carbocycles. The number of benzene rings is 2. The standard InChI is InChI=1S/C18H19F2NO6S/c1-11-8-12(4-5-17(11)27-7-6-25-2)28(23,24)21-16-9-13(18(22)26-3)14(19)10-15(16)20/h4-5,8-10,21H,6-7H2,1-3H3. The normalized spacial score (nSPS) is 11.2. The largest absolute Gasteiger partial charge is 0.491 e. The van der Waals surface area contributed by atoms with Crippen molar-refractivity contribution in [3.63, 3.8) is 0 Å². The van der Waals surface area contributed by atoms with Crippen LogP contribution in [0, 0.1) is 18.6 Å². The van der Waals surface area contributed by atoms with E-state index in [1.807, 2.05) is 4.72 Å². The second-order valence-corrected chi connectivity index (χ2v) is 7.36. The van der Waals surface area contributed by atoms with E-state index in [1.165, 1.54) is 25.3 Å². The Bertz CT molecular complexity index is 978. The summed E-state index contributed by atoms with van der Waals surface area (Å²) in [7, 11) is -1.66. The van der Waals surface area contributed by atoms with Gasteiger partial charge in [0.05, 0.1) is 29.9 Å². The second kappa shape index (κ2) is 8.98. The van der Waals surface area contributed by atoms with Crippen molar-refractivity contribution >= 4 is 21.7 Å². The lowest BCUT2D eigenvalue weighted by Gasteiger charge is -2.13. The molecule has 2 aromatic rings. The lowest BCUT2D eigenvalue weighted by atomic mass is 10.2. The Morgan fingerprint density at radius 2 is 1.79 bits per heavy atom. The van der Waals surface area contributed by atoms with Gasteiger partial charge >= 0.3 is 5.97 Å². The van der Waals surface area contributed by atoms with E-state index in [0.717, 1.165) is 13.2 Å². The topological polar surface area (TPSA) is 90.9 Å². The average molecular weight is 415 g/mol. The molecule has 1 N–H and O–H groups in total. The third-order valence-electron chi connectivity index (χ3n) is 3.71. The SMILES string of the molecule is COCCOc1ccc(S(=O)(=O)Nc2cc(C(=O)OC)c(F)cc2F)cc1C. The first-order valence-electron chi connectivity index (χ1n) is 8.02. The van der Waals surface area contributed by atoms with Gasteiger partial charge in [0.25, 0.3) is 10.0 Å². The van der Waals surface area contributed by atoms with Crippen LogP contribution < -0.4 is 9.46 Å². The molecule has 2 aromatic carbocycles. The molecular formula is C18H19F2NO6S. The monoisotopic (exact) mass is 415 g/mol. The number of halogens is 2. The van der Waals surface area contributed by atoms with Gasteiger partial charge in [-0.2, -0.15) is 0 Å². The molecule has 0 aliphatic heterocycles. The molecule has 0 radical (unpaired) electrons. The number of ether oxygens (including phenoxy) is 3. The summed E-state index contributed by atoms with van der Waals surface area (Å²) >= 11 is 0. The van der Waals surface area contributed by atoms with Gasteiger partial charge in [0.1, 0.15) is 24.0 Å². The number of hydrogen-bond donors (Lipinski definition) is 1. The minimum absolute atomic E-state index is 0.160. The molecule has 10 heteroatoms. The highest BCUT2D eigenvalue weighted by atomic mass is 32.2. The number of sulfonamides is 1. The molecule has 0 atom stereocenters. The van der Waals surface area contributed by atoms with Gasteiger partial charge < -0.3 is 14.2 Å². The predicted octanol–water partition coefficient (Wildman–Crippen LogP) is 2.89. The molecule has 0 heterocycles. The van der Waals surface area contributed by atoms with Crippen molar-refractivity contribution in [1.82, 2.24) is 0 Å². The van der Waals surface area contributed by atoms with E-state index in [1.54, 1.807) is 6.92 Å². The van der Waals surface area contributed by atoms with Crippen molar-refractivity contribution in [3.05, 3.63) is 53.1 Å². The quantitative estimate of drug-likeness (QED) is 0.527. The van der Waals surface area contributed by atoms with E-state index < -0.39 is 38.9 Å². The summed E-state index contributed by atoms with van der Waals surface area (Å²) < 4.78 is 69.6. The highest BCUT2D eigenvalue weighted by molar-refractivity contribution is 7.92. The lowest BCUT2D eigenvalue weighted by Crippen LogP contribution is -2.16. The number of esters is 1. The van der Waals surface area contributed by atoms with Gasteiger partial charge in [-0.3, -0.25) is 4.72 Å². The molecule has 0 spiro atoms. The van der Waals surface area contributed by atoms with Crippen molar-refractivity contribution in [2.45, 2.75) is 11.8 Å². The van der Waals surface area contributed by atoms with Gasteiger partial charge in [-0.05, 0) is 36.8 Å². The number of aryl methyl sites for hydroxylation is 1. The summed E-state index contributed by atoms with van der Waals surface area (Å²) in [6.45, 7) is 2.31. The maximum absolute atomic E-state index is 14.0. The van der Waals surface area contributed by atoms with Crippen molar-refractivity contribution < 1.29 is 36.2 Å². The maximum atomic E-state index is 14.0. The molecule has 2 rings (SSSR count). The van der Waals surface area contributed by atoms with Crippen LogP contribution in [0.5, 0.6) is 5.75 Å². The zero-order valence-electron chi connectivity index (χ0n) is 15.4. The fraction of sp³-hybridized carbons (Fsp3) is 0.278. The van der Waals surface area contributed by atoms with Crippen LogP contribution in [0.1, 0.15) is 15.9 Å². The van der Waals surface area contributed by atoms with Crippen LogP contribution in [0.2, 0.25) is 0 Å².